The van der Waals surface area contributed by atoms with E-state index in [1.807, 2.05) is 149 Å². The largest absolute Gasteiger partial charge is 0.352 e. The Morgan fingerprint density at radius 2 is 0.482 bits per heavy atom. The van der Waals surface area contributed by atoms with E-state index < -0.39 is 0 Å². The number of nitrogens with zero attached hydrogens (tertiary/aromatic N) is 25. The fraction of sp³-hybridized carbons (Fsp3) is 0.162. The van der Waals surface area contributed by atoms with E-state index in [1.165, 1.54) is 50.1 Å². The Bertz CT molecular complexity index is 8160. The van der Waals surface area contributed by atoms with Crippen LogP contribution in [0.1, 0.15) is 89.6 Å². The number of benzene rings is 13. The van der Waals surface area contributed by atoms with Crippen LogP contribution < -0.4 is 0 Å². The number of imidazole rings is 5. The van der Waals surface area contributed by atoms with Crippen molar-refractivity contribution in [1.82, 2.24) is 122 Å². The minimum absolute atomic E-state index is 0. The number of rotatable bonds is 15. The summed E-state index contributed by atoms with van der Waals surface area (Å²) in [5.41, 5.74) is 37.2. The number of hydrogen-bond acceptors (Lipinski definition) is 15. The molecular weight excluding hydrogens is 2640 g/mol. The molecule has 717 valence electrons. The molecule has 0 unspecified atom stereocenters. The first-order valence-electron chi connectivity index (χ1n) is 44.9. The summed E-state index contributed by atoms with van der Waals surface area (Å²) in [6, 6.07) is 95.5. The van der Waals surface area contributed by atoms with Gasteiger partial charge in [0.25, 0.3) is 0 Å². The number of hydrogen-bond donors (Lipinski definition) is 0. The molecular formula is C111H98Ir5N25-5. The van der Waals surface area contributed by atoms with Crippen LogP contribution in [0.15, 0.2) is 294 Å². The van der Waals surface area contributed by atoms with Gasteiger partial charge in [-0.2, -0.15) is 25.5 Å². The van der Waals surface area contributed by atoms with Crippen molar-refractivity contribution in [3.8, 4) is 119 Å². The maximum atomic E-state index is 4.69. The van der Waals surface area contributed by atoms with Crippen LogP contribution in [0.4, 0.5) is 0 Å². The zero-order valence-electron chi connectivity index (χ0n) is 80.2. The molecule has 0 bridgehead atoms. The van der Waals surface area contributed by atoms with E-state index in [1.54, 1.807) is 44.3 Å². The Morgan fingerprint density at radius 1 is 0.234 bits per heavy atom. The van der Waals surface area contributed by atoms with Crippen molar-refractivity contribution < 1.29 is 101 Å². The van der Waals surface area contributed by atoms with E-state index in [0.29, 0.717) is 11.8 Å². The third kappa shape index (κ3) is 21.0. The van der Waals surface area contributed by atoms with Crippen molar-refractivity contribution in [3.63, 3.8) is 0 Å². The third-order valence-electron chi connectivity index (χ3n) is 24.5. The topological polar surface area (TPSA) is 243 Å². The van der Waals surface area contributed by atoms with Gasteiger partial charge in [0.15, 0.2) is 0 Å². The summed E-state index contributed by atoms with van der Waals surface area (Å²) in [5.74, 6) is 4.65. The predicted molar refractivity (Wildman–Crippen MR) is 537 cm³/mol. The van der Waals surface area contributed by atoms with Crippen LogP contribution in [-0.4, -0.2) is 122 Å². The fourth-order valence-corrected chi connectivity index (χ4v) is 17.9. The van der Waals surface area contributed by atoms with Crippen LogP contribution in [0.5, 0.6) is 0 Å². The molecule has 0 spiro atoms. The molecule has 0 atom stereocenters. The van der Waals surface area contributed by atoms with Crippen molar-refractivity contribution in [2.24, 2.45) is 35.2 Å². The van der Waals surface area contributed by atoms with Gasteiger partial charge in [-0.05, 0) is 167 Å². The first-order valence-corrected chi connectivity index (χ1v) is 44.9. The van der Waals surface area contributed by atoms with E-state index in [4.69, 9.17) is 0 Å². The maximum Gasteiger partial charge on any atom is 0.127 e. The van der Waals surface area contributed by atoms with Gasteiger partial charge in [-0.3, -0.25) is 73.2 Å². The first kappa shape index (κ1) is 103. The SMILES string of the molecule is CC(C)c1cccc(C(C)C)c1-n1ncnc1-c1[c-]cc2ncn(C)c2c1.Cc1cc(-c2ccccc2)cc(C)c1-n1ncnc1-c1[c-]cc2ncn(C)c2c1.Cc1cc(C)c(-n2ncnc2-c2[c-]cc3ncn(C)c3c2)c(C)c1.Cc1cccc(C)c1-n1ncnc1-c1[c-]cc2ncn(C)c2c1.Cn1cnc2c[c-]c(-c3ncnn3-c3c(-c4ccccc4)cccc3-c3ccccc3)cc21.[Ir].[Ir].[Ir].[Ir].[Ir]. The van der Waals surface area contributed by atoms with E-state index in [9.17, 15) is 0 Å². The Hall–Kier alpha value is -13.8. The Balaban J connectivity index is 0.000000140. The van der Waals surface area contributed by atoms with Crippen molar-refractivity contribution in [1.29, 1.82) is 0 Å². The Morgan fingerprint density at radius 3 is 0.773 bits per heavy atom. The van der Waals surface area contributed by atoms with Crippen molar-refractivity contribution >= 4 is 55.2 Å². The fourth-order valence-electron chi connectivity index (χ4n) is 17.9. The van der Waals surface area contributed by atoms with E-state index >= 15 is 0 Å². The van der Waals surface area contributed by atoms with Gasteiger partial charge in [0.2, 0.25) is 0 Å². The van der Waals surface area contributed by atoms with E-state index in [2.05, 4.69) is 364 Å². The molecule has 0 aliphatic rings. The van der Waals surface area contributed by atoms with Gasteiger partial charge >= 0.3 is 0 Å². The minimum Gasteiger partial charge on any atom is -0.352 e. The third-order valence-corrected chi connectivity index (χ3v) is 24.5. The summed E-state index contributed by atoms with van der Waals surface area (Å²) in [5, 5.41) is 22.7. The minimum atomic E-state index is 0. The molecule has 23 rings (SSSR count). The first-order chi connectivity index (χ1) is 66.1. The van der Waals surface area contributed by atoms with Crippen molar-refractivity contribution in [2.75, 3.05) is 0 Å². The molecule has 0 saturated carbocycles. The molecule has 23 aromatic rings. The number of fused-ring (bicyclic) bond motifs is 5. The second-order valence-electron chi connectivity index (χ2n) is 34.7. The smallest absolute Gasteiger partial charge is 0.127 e. The molecule has 25 nitrogen and oxygen atoms in total. The average molecular weight is 2740 g/mol. The van der Waals surface area contributed by atoms with Crippen LogP contribution in [-0.2, 0) is 136 Å². The van der Waals surface area contributed by atoms with Gasteiger partial charge in [0.05, 0.1) is 89.2 Å². The molecule has 0 aliphatic carbocycles. The monoisotopic (exact) mass is 2750 g/mol. The van der Waals surface area contributed by atoms with Crippen molar-refractivity contribution in [3.05, 3.63) is 374 Å². The molecule has 0 saturated heterocycles. The number of aryl methyl sites for hydroxylation is 12. The van der Waals surface area contributed by atoms with Gasteiger partial charge in [0, 0.05) is 174 Å². The van der Waals surface area contributed by atoms with Crippen molar-refractivity contribution in [2.45, 2.75) is 88.0 Å². The summed E-state index contributed by atoms with van der Waals surface area (Å²) in [6.45, 7) is 23.6. The molecule has 0 N–H and O–H groups in total. The van der Waals surface area contributed by atoms with Crippen LogP contribution >= 0.6 is 0 Å². The van der Waals surface area contributed by atoms with E-state index in [0.717, 1.165) is 174 Å². The summed E-state index contributed by atoms with van der Waals surface area (Å²) in [7, 11) is 9.94. The van der Waals surface area contributed by atoms with Crippen LogP contribution in [0, 0.1) is 78.8 Å². The van der Waals surface area contributed by atoms with Gasteiger partial charge in [-0.1, -0.05) is 191 Å². The van der Waals surface area contributed by atoms with Gasteiger partial charge in [-0.15, -0.1) is 119 Å². The molecule has 13 aromatic carbocycles. The molecule has 0 amide bonds. The van der Waals surface area contributed by atoms with Gasteiger partial charge in [-0.25, -0.2) is 0 Å². The van der Waals surface area contributed by atoms with Crippen LogP contribution in [0.2, 0.25) is 0 Å². The molecule has 10 heterocycles. The summed E-state index contributed by atoms with van der Waals surface area (Å²) >= 11 is 0. The Labute approximate surface area is 885 Å². The van der Waals surface area contributed by atoms with Crippen LogP contribution in [0.25, 0.3) is 174 Å². The molecule has 30 heteroatoms. The molecule has 141 heavy (non-hydrogen) atoms. The second-order valence-corrected chi connectivity index (χ2v) is 34.7. The Kier molecular flexibility index (Phi) is 32.7. The molecule has 0 fully saturated rings. The molecule has 5 radical (unpaired) electrons. The molecule has 0 aliphatic heterocycles. The predicted octanol–water partition coefficient (Wildman–Crippen LogP) is 22.5. The van der Waals surface area contributed by atoms with E-state index in [-0.39, 0.29) is 101 Å². The van der Waals surface area contributed by atoms with Gasteiger partial charge < -0.3 is 22.8 Å². The average Bonchev–Trinajstić information content (AvgIpc) is 1.73. The summed E-state index contributed by atoms with van der Waals surface area (Å²) < 4.78 is 19.6. The zero-order valence-corrected chi connectivity index (χ0v) is 92.2. The summed E-state index contributed by atoms with van der Waals surface area (Å²) in [6.07, 6.45) is 17.1. The molecule has 10 aromatic heterocycles. The maximum absolute atomic E-state index is 4.69. The zero-order chi connectivity index (χ0) is 94.1. The number of para-hydroxylation sites is 3. The van der Waals surface area contributed by atoms with Crippen LogP contribution in [0.3, 0.4) is 0 Å². The second kappa shape index (κ2) is 44.7. The summed E-state index contributed by atoms with van der Waals surface area (Å²) in [4.78, 5) is 44.6. The quantitative estimate of drug-likeness (QED) is 0.0867. The van der Waals surface area contributed by atoms with Gasteiger partial charge in [0.1, 0.15) is 31.6 Å². The number of aromatic nitrogens is 25. The standard InChI is InChI=1S/C28H20N5.C24H20N5.C22H24N5.C19H18N5.C18H16N5.5Ir/c1-32-19-30-25-16-15-22(17-26(25)32)28-29-18-31-33(28)27-23(20-9-4-2-5-10-20)13-8-14-24(27)21-11-6-3-7-12-21;1-16-11-20(18-7-5-4-6-8-18)12-17(2)23(16)29-24(25-14-27-29)19-9-10-21-22(13-19)28(3)15-26-21;1-14(2)17-7-6-8-18(15(3)4)21(17)27-22(23-12-25-27)16-9-10-19-20(11-16)26(5)13-24-19;1-12-7-13(2)18(14(3)8-12)24-19(20-10-22-24)15-5-6-16-17(9-15)23(4)11-21-16;1-12-5-4-6-13(2)17(12)23-18(19-10-21-23)14-7-8-15-16(9-14)22(3)11-20-15;;;;;/h2-14,16-19H,1H3;4-8,10-15H,1-3H3;6-8,10-15H,1-5H3;6-11H,1-4H3;4-6,8-11H,1-3H3;;;;;/q5*-1;;;;;. The normalized spacial score (nSPS) is 11.0.